The molecule has 61 heavy (non-hydrogen) atoms. The molecule has 0 aliphatic rings. The van der Waals surface area contributed by atoms with Crippen LogP contribution in [0.1, 0.15) is 233 Å². The first kappa shape index (κ1) is 49.4. The molecule has 3 aromatic heterocycles. The smallest absolute Gasteiger partial charge is 0.194 e. The van der Waals surface area contributed by atoms with E-state index in [1.807, 2.05) is 11.3 Å². The molecule has 0 aliphatic heterocycles. The minimum absolute atomic E-state index is 0.817. The molecule has 0 aliphatic carbocycles. The number of thiophene rings is 1. The van der Waals surface area contributed by atoms with Crippen molar-refractivity contribution in [1.82, 2.24) is 9.13 Å². The van der Waals surface area contributed by atoms with Crippen LogP contribution in [0.3, 0.4) is 0 Å². The molecule has 0 saturated carbocycles. The number of benzene rings is 2. The number of aromatic nitrogens is 2. The van der Waals surface area contributed by atoms with E-state index in [-0.39, 0.29) is 0 Å². The van der Waals surface area contributed by atoms with Gasteiger partial charge in [-0.15, -0.1) is 11.3 Å². The third-order valence-electron chi connectivity index (χ3n) is 13.4. The highest BCUT2D eigenvalue weighted by Crippen LogP contribution is 2.41. The van der Waals surface area contributed by atoms with Crippen LogP contribution >= 0.6 is 11.3 Å². The summed E-state index contributed by atoms with van der Waals surface area (Å²) in [6, 6.07) is 14.6. The van der Waals surface area contributed by atoms with Crippen LogP contribution in [-0.2, 0) is 13.1 Å². The lowest BCUT2D eigenvalue weighted by atomic mass is 10.1. The first-order valence-electron chi connectivity index (χ1n) is 26.5. The zero-order chi connectivity index (χ0) is 42.7. The summed E-state index contributed by atoms with van der Waals surface area (Å²) in [6.07, 6.45) is 42.7. The lowest BCUT2D eigenvalue weighted by molar-refractivity contribution is 0.279. The minimum Gasteiger partial charge on any atom is -0.479 e. The molecular formula is C56H90N2O2S. The topological polar surface area (TPSA) is 28.3 Å². The van der Waals surface area contributed by atoms with E-state index in [1.54, 1.807) is 0 Å². The van der Waals surface area contributed by atoms with Gasteiger partial charge in [-0.05, 0) is 49.9 Å². The van der Waals surface area contributed by atoms with Crippen LogP contribution in [0.4, 0.5) is 0 Å². The maximum Gasteiger partial charge on any atom is 0.194 e. The zero-order valence-electron chi connectivity index (χ0n) is 40.0. The number of aryl methyl sites for hydroxylation is 2. The molecule has 2 aromatic carbocycles. The number of ether oxygens (including phenoxy) is 2. The van der Waals surface area contributed by atoms with Crippen LogP contribution < -0.4 is 9.47 Å². The number of unbranched alkanes of at least 4 members (excludes halogenated alkanes) is 28. The fraction of sp³-hybridized carbons (Fsp3) is 0.714. The Bertz CT molecular complexity index is 1760. The van der Waals surface area contributed by atoms with Gasteiger partial charge in [0.2, 0.25) is 0 Å². The Hall–Kier alpha value is -2.66. The second kappa shape index (κ2) is 29.7. The molecule has 0 atom stereocenters. The lowest BCUT2D eigenvalue weighted by Crippen LogP contribution is -2.05. The quantitative estimate of drug-likeness (QED) is 0.0370. The summed E-state index contributed by atoms with van der Waals surface area (Å²) < 4.78 is 21.1. The van der Waals surface area contributed by atoms with E-state index >= 15 is 0 Å². The predicted octanol–water partition coefficient (Wildman–Crippen LogP) is 19.3. The molecule has 5 heteroatoms. The van der Waals surface area contributed by atoms with E-state index in [0.29, 0.717) is 0 Å². The number of rotatable bonds is 38. The van der Waals surface area contributed by atoms with Crippen molar-refractivity contribution in [3.05, 3.63) is 36.4 Å². The Morgan fingerprint density at radius 1 is 0.344 bits per heavy atom. The molecule has 0 spiro atoms. The normalized spacial score (nSPS) is 12.0. The molecule has 5 rings (SSSR count). The van der Waals surface area contributed by atoms with E-state index in [1.165, 1.54) is 235 Å². The van der Waals surface area contributed by atoms with Crippen molar-refractivity contribution in [2.45, 2.75) is 246 Å². The molecule has 0 radical (unpaired) electrons. The van der Waals surface area contributed by atoms with E-state index in [0.717, 1.165) is 50.9 Å². The summed E-state index contributed by atoms with van der Waals surface area (Å²) in [6.45, 7) is 12.9. The van der Waals surface area contributed by atoms with Gasteiger partial charge >= 0.3 is 0 Å². The van der Waals surface area contributed by atoms with Gasteiger partial charge < -0.3 is 18.6 Å². The van der Waals surface area contributed by atoms with Crippen molar-refractivity contribution in [3.63, 3.8) is 0 Å². The summed E-state index contributed by atoms with van der Waals surface area (Å²) in [7, 11) is 0. The third-order valence-corrected chi connectivity index (χ3v) is 14.5. The van der Waals surface area contributed by atoms with Gasteiger partial charge in [0.05, 0.1) is 24.2 Å². The molecule has 0 N–H and O–H groups in total. The highest BCUT2D eigenvalue weighted by Gasteiger charge is 2.17. The third kappa shape index (κ3) is 16.4. The van der Waals surface area contributed by atoms with Gasteiger partial charge in [0, 0.05) is 56.2 Å². The standard InChI is InChI=1S/C56H90N2O2S/c1-5-9-13-17-21-25-29-33-37-57-51-45-53-49(41-47(51)43-55(57)59-39-35-31-27-23-19-15-11-7-3)50-42-48-44-56(60-40-36-32-28-24-20-16-12-8-4)58(52(48)46-54(50)61-53)38-34-30-26-22-18-14-10-6-2/h41-46H,5-40H2,1-4H3. The minimum atomic E-state index is 0.817. The first-order chi connectivity index (χ1) is 30.2. The fourth-order valence-electron chi connectivity index (χ4n) is 9.57. The number of hydrogen-bond donors (Lipinski definition) is 0. The zero-order valence-corrected chi connectivity index (χ0v) is 40.9. The van der Waals surface area contributed by atoms with E-state index in [2.05, 4.69) is 73.2 Å². The second-order valence-electron chi connectivity index (χ2n) is 18.8. The summed E-state index contributed by atoms with van der Waals surface area (Å²) in [5.41, 5.74) is 2.68. The molecule has 5 aromatic rings. The van der Waals surface area contributed by atoms with Crippen LogP contribution in [0, 0.1) is 0 Å². The van der Waals surface area contributed by atoms with Crippen molar-refractivity contribution in [1.29, 1.82) is 0 Å². The molecule has 0 saturated heterocycles. The van der Waals surface area contributed by atoms with Gasteiger partial charge in [0.1, 0.15) is 0 Å². The van der Waals surface area contributed by atoms with Crippen molar-refractivity contribution in [2.75, 3.05) is 13.2 Å². The van der Waals surface area contributed by atoms with Crippen LogP contribution in [0.25, 0.3) is 42.0 Å². The SMILES string of the molecule is CCCCCCCCCCOc1cc2cc3c(cc2n1CCCCCCCCCC)sc1cc2c(cc(OCCCCCCCCCC)n2CCCCCCCCCC)cc13. The fourth-order valence-corrected chi connectivity index (χ4v) is 10.7. The molecule has 4 nitrogen and oxygen atoms in total. The van der Waals surface area contributed by atoms with Gasteiger partial charge in [-0.1, -0.05) is 207 Å². The molecule has 0 amide bonds. The van der Waals surface area contributed by atoms with Crippen LogP contribution in [-0.4, -0.2) is 22.3 Å². The van der Waals surface area contributed by atoms with Crippen LogP contribution in [0.5, 0.6) is 11.8 Å². The van der Waals surface area contributed by atoms with Gasteiger partial charge in [-0.25, -0.2) is 0 Å². The highest BCUT2D eigenvalue weighted by atomic mass is 32.1. The Balaban J connectivity index is 1.32. The summed E-state index contributed by atoms with van der Waals surface area (Å²) in [4.78, 5) is 0. The Kier molecular flexibility index (Phi) is 24.0. The Morgan fingerprint density at radius 3 is 0.967 bits per heavy atom. The molecule has 0 bridgehead atoms. The van der Waals surface area contributed by atoms with E-state index < -0.39 is 0 Å². The Labute approximate surface area is 377 Å². The first-order valence-corrected chi connectivity index (χ1v) is 27.3. The van der Waals surface area contributed by atoms with Crippen molar-refractivity contribution < 1.29 is 9.47 Å². The van der Waals surface area contributed by atoms with Gasteiger partial charge in [0.25, 0.3) is 0 Å². The molecule has 0 unspecified atom stereocenters. The average Bonchev–Trinajstić information content (AvgIpc) is 3.91. The summed E-state index contributed by atoms with van der Waals surface area (Å²) in [5.74, 6) is 2.14. The summed E-state index contributed by atoms with van der Waals surface area (Å²) in [5, 5.41) is 5.40. The van der Waals surface area contributed by atoms with E-state index in [9.17, 15) is 0 Å². The van der Waals surface area contributed by atoms with Crippen molar-refractivity contribution >= 4 is 53.3 Å². The van der Waals surface area contributed by atoms with Crippen LogP contribution in [0.2, 0.25) is 0 Å². The maximum atomic E-state index is 6.65. The lowest BCUT2D eigenvalue weighted by Gasteiger charge is -2.12. The molecular weight excluding hydrogens is 765 g/mol. The van der Waals surface area contributed by atoms with Gasteiger partial charge in [0.15, 0.2) is 11.8 Å². The highest BCUT2D eigenvalue weighted by molar-refractivity contribution is 7.26. The number of hydrogen-bond acceptors (Lipinski definition) is 3. The largest absolute Gasteiger partial charge is 0.479 e. The number of fused-ring (bicyclic) bond motifs is 5. The monoisotopic (exact) mass is 855 g/mol. The van der Waals surface area contributed by atoms with Gasteiger partial charge in [-0.3, -0.25) is 0 Å². The molecule has 0 fully saturated rings. The Morgan fingerprint density at radius 2 is 0.639 bits per heavy atom. The predicted molar refractivity (Wildman–Crippen MR) is 272 cm³/mol. The van der Waals surface area contributed by atoms with Gasteiger partial charge in [-0.2, -0.15) is 0 Å². The van der Waals surface area contributed by atoms with E-state index in [4.69, 9.17) is 9.47 Å². The second-order valence-corrected chi connectivity index (χ2v) is 19.9. The van der Waals surface area contributed by atoms with Crippen molar-refractivity contribution in [3.8, 4) is 11.8 Å². The molecule has 3 heterocycles. The molecule has 342 valence electrons. The number of nitrogens with zero attached hydrogens (tertiary/aromatic N) is 2. The maximum absolute atomic E-state index is 6.65. The summed E-state index contributed by atoms with van der Waals surface area (Å²) >= 11 is 1.97. The average molecular weight is 855 g/mol. The van der Waals surface area contributed by atoms with Crippen LogP contribution in [0.15, 0.2) is 36.4 Å². The van der Waals surface area contributed by atoms with Crippen molar-refractivity contribution in [2.24, 2.45) is 0 Å².